The molecular weight excluding hydrogens is 701 g/mol. The van der Waals surface area contributed by atoms with Crippen molar-refractivity contribution in [3.63, 3.8) is 0 Å². The van der Waals surface area contributed by atoms with Crippen LogP contribution in [0, 0.1) is 0 Å². The molecule has 0 amide bonds. The molecule has 56 heavy (non-hydrogen) atoms. The second-order valence-corrected chi connectivity index (χ2v) is 15.1. The summed E-state index contributed by atoms with van der Waals surface area (Å²) in [5.74, 6) is 1.87. The Labute approximate surface area is 327 Å². The molecule has 0 radical (unpaired) electrons. The van der Waals surface area contributed by atoms with Gasteiger partial charge in [-0.1, -0.05) is 158 Å². The Bertz CT molecular complexity index is 3240. The highest BCUT2D eigenvalue weighted by atomic mass is 32.1. The smallest absolute Gasteiger partial charge is 0.166 e. The Balaban J connectivity index is 1.13. The number of thiophene rings is 1. The minimum absolute atomic E-state index is 0.617. The molecule has 0 unspecified atom stereocenters. The van der Waals surface area contributed by atoms with Gasteiger partial charge in [-0.3, -0.25) is 0 Å². The van der Waals surface area contributed by atoms with Gasteiger partial charge in [0.1, 0.15) is 0 Å². The third-order valence-electron chi connectivity index (χ3n) is 10.7. The molecule has 4 nitrogen and oxygen atoms in total. The van der Waals surface area contributed by atoms with Gasteiger partial charge < -0.3 is 4.57 Å². The summed E-state index contributed by atoms with van der Waals surface area (Å²) in [5, 5.41) is 5.08. The summed E-state index contributed by atoms with van der Waals surface area (Å²) in [6, 6.07) is 68.4. The fourth-order valence-electron chi connectivity index (χ4n) is 8.02. The number of hydrogen-bond donors (Lipinski definition) is 0. The Morgan fingerprint density at radius 3 is 1.73 bits per heavy atom. The molecule has 0 aliphatic carbocycles. The molecule has 0 bridgehead atoms. The first-order chi connectivity index (χ1) is 27.8. The van der Waals surface area contributed by atoms with Crippen LogP contribution in [0.4, 0.5) is 0 Å². The summed E-state index contributed by atoms with van der Waals surface area (Å²) in [4.78, 5) is 15.7. The first-order valence-corrected chi connectivity index (χ1v) is 19.6. The van der Waals surface area contributed by atoms with E-state index in [9.17, 15) is 0 Å². The maximum Gasteiger partial charge on any atom is 0.166 e. The summed E-state index contributed by atoms with van der Waals surface area (Å²) in [6.07, 6.45) is 0. The molecule has 0 atom stereocenters. The predicted octanol–water partition coefficient (Wildman–Crippen LogP) is 13.7. The number of nitrogens with zero attached hydrogens (tertiary/aromatic N) is 4. The van der Waals surface area contributed by atoms with E-state index < -0.39 is 0 Å². The van der Waals surface area contributed by atoms with Crippen LogP contribution in [-0.2, 0) is 0 Å². The van der Waals surface area contributed by atoms with Gasteiger partial charge in [0.25, 0.3) is 0 Å². The number of rotatable bonds is 6. The van der Waals surface area contributed by atoms with Crippen LogP contribution >= 0.6 is 11.3 Å². The third kappa shape index (κ3) is 5.40. The fourth-order valence-corrected chi connectivity index (χ4v) is 9.28. The third-order valence-corrected chi connectivity index (χ3v) is 11.9. The Morgan fingerprint density at radius 2 is 0.929 bits per heavy atom. The second kappa shape index (κ2) is 13.3. The highest BCUT2D eigenvalue weighted by molar-refractivity contribution is 7.26. The van der Waals surface area contributed by atoms with Gasteiger partial charge in [0.2, 0.25) is 0 Å². The summed E-state index contributed by atoms with van der Waals surface area (Å²) in [7, 11) is 0. The number of aromatic nitrogens is 4. The zero-order chi connectivity index (χ0) is 37.0. The first-order valence-electron chi connectivity index (χ1n) is 18.8. The molecule has 3 aromatic heterocycles. The zero-order valence-electron chi connectivity index (χ0n) is 30.2. The number of para-hydroxylation sites is 2. The minimum atomic E-state index is 0.617. The highest BCUT2D eigenvalue weighted by Gasteiger charge is 2.21. The second-order valence-electron chi connectivity index (χ2n) is 14.0. The molecule has 262 valence electrons. The monoisotopic (exact) mass is 732 g/mol. The van der Waals surface area contributed by atoms with Gasteiger partial charge in [-0.2, -0.15) is 0 Å². The Hall–Kier alpha value is -7.21. The average molecular weight is 733 g/mol. The molecule has 0 spiro atoms. The number of hydrogen-bond acceptors (Lipinski definition) is 4. The SMILES string of the molecule is c1ccc(-c2ccc(-c3nc(-c4cccc(-c5ccccc5)c4)nc(-c4ccccc4-n4c5ccccc5c5c6sc7ccccc7c6ccc54)n3)cc2)cc1. The van der Waals surface area contributed by atoms with Gasteiger partial charge >= 0.3 is 0 Å². The molecule has 0 aliphatic rings. The summed E-state index contributed by atoms with van der Waals surface area (Å²) in [6.45, 7) is 0. The van der Waals surface area contributed by atoms with Crippen molar-refractivity contribution in [2.24, 2.45) is 0 Å². The van der Waals surface area contributed by atoms with Crippen LogP contribution in [0.15, 0.2) is 194 Å². The van der Waals surface area contributed by atoms with E-state index in [-0.39, 0.29) is 0 Å². The van der Waals surface area contributed by atoms with Crippen LogP contribution in [0.2, 0.25) is 0 Å². The minimum Gasteiger partial charge on any atom is -0.308 e. The van der Waals surface area contributed by atoms with E-state index in [2.05, 4.69) is 187 Å². The number of benzene rings is 8. The van der Waals surface area contributed by atoms with Crippen molar-refractivity contribution >= 4 is 53.3 Å². The van der Waals surface area contributed by atoms with Crippen molar-refractivity contribution in [2.75, 3.05) is 0 Å². The predicted molar refractivity (Wildman–Crippen MR) is 234 cm³/mol. The summed E-state index contributed by atoms with van der Waals surface area (Å²) in [5.41, 5.74) is 10.7. The lowest BCUT2D eigenvalue weighted by Crippen LogP contribution is -2.03. The van der Waals surface area contributed by atoms with Crippen molar-refractivity contribution in [3.05, 3.63) is 194 Å². The molecule has 3 heterocycles. The molecule has 8 aromatic carbocycles. The van der Waals surface area contributed by atoms with Gasteiger partial charge in [0, 0.05) is 47.6 Å². The standard InChI is InChI=1S/C51H32N4S/c1-3-14-33(15-4-1)35-26-28-36(29-27-35)49-52-50(38-19-13-18-37(32-38)34-16-5-2-6-17-34)54-51(53-49)42-22-8-11-24-44(42)55-43-23-10-7-21-41(43)47-45(55)31-30-40-39-20-9-12-25-46(39)56-48(40)47/h1-32H. The highest BCUT2D eigenvalue weighted by Crippen LogP contribution is 2.44. The van der Waals surface area contributed by atoms with Crippen LogP contribution in [0.5, 0.6) is 0 Å². The molecule has 0 aliphatic heterocycles. The molecule has 5 heteroatoms. The zero-order valence-corrected chi connectivity index (χ0v) is 31.0. The lowest BCUT2D eigenvalue weighted by atomic mass is 10.0. The quantitative estimate of drug-likeness (QED) is 0.171. The van der Waals surface area contributed by atoms with Gasteiger partial charge in [0.15, 0.2) is 17.5 Å². The van der Waals surface area contributed by atoms with E-state index in [0.29, 0.717) is 17.5 Å². The normalized spacial score (nSPS) is 11.6. The molecule has 11 rings (SSSR count). The van der Waals surface area contributed by atoms with E-state index in [1.807, 2.05) is 23.5 Å². The molecular formula is C51H32N4S. The van der Waals surface area contributed by atoms with Gasteiger partial charge in [-0.15, -0.1) is 11.3 Å². The topological polar surface area (TPSA) is 43.6 Å². The fraction of sp³-hybridized carbons (Fsp3) is 0. The Morgan fingerprint density at radius 1 is 0.357 bits per heavy atom. The number of fused-ring (bicyclic) bond motifs is 7. The Kier molecular flexibility index (Phi) is 7.64. The van der Waals surface area contributed by atoms with Crippen LogP contribution in [-0.4, -0.2) is 19.5 Å². The average Bonchev–Trinajstić information content (AvgIpc) is 3.83. The van der Waals surface area contributed by atoms with Gasteiger partial charge in [0.05, 0.1) is 16.7 Å². The largest absolute Gasteiger partial charge is 0.308 e. The lowest BCUT2D eigenvalue weighted by molar-refractivity contribution is 1.06. The van der Waals surface area contributed by atoms with Crippen molar-refractivity contribution in [1.29, 1.82) is 0 Å². The van der Waals surface area contributed by atoms with Crippen molar-refractivity contribution in [2.45, 2.75) is 0 Å². The maximum atomic E-state index is 5.28. The van der Waals surface area contributed by atoms with E-state index >= 15 is 0 Å². The van der Waals surface area contributed by atoms with Crippen molar-refractivity contribution < 1.29 is 0 Å². The van der Waals surface area contributed by atoms with Crippen LogP contribution < -0.4 is 0 Å². The van der Waals surface area contributed by atoms with Crippen LogP contribution in [0.3, 0.4) is 0 Å². The molecule has 0 saturated carbocycles. The summed E-state index contributed by atoms with van der Waals surface area (Å²) < 4.78 is 4.99. The first kappa shape index (κ1) is 32.2. The molecule has 11 aromatic rings. The van der Waals surface area contributed by atoms with Crippen LogP contribution in [0.25, 0.3) is 104 Å². The van der Waals surface area contributed by atoms with E-state index in [1.165, 1.54) is 36.5 Å². The molecule has 0 N–H and O–H groups in total. The maximum absolute atomic E-state index is 5.28. The summed E-state index contributed by atoms with van der Waals surface area (Å²) >= 11 is 1.87. The van der Waals surface area contributed by atoms with Gasteiger partial charge in [-0.25, -0.2) is 15.0 Å². The van der Waals surface area contributed by atoms with Gasteiger partial charge in [-0.05, 0) is 58.7 Å². The van der Waals surface area contributed by atoms with Crippen molar-refractivity contribution in [1.82, 2.24) is 19.5 Å². The van der Waals surface area contributed by atoms with Crippen LogP contribution in [0.1, 0.15) is 0 Å². The molecule has 0 saturated heterocycles. The van der Waals surface area contributed by atoms with E-state index in [4.69, 9.17) is 15.0 Å². The van der Waals surface area contributed by atoms with E-state index in [1.54, 1.807) is 0 Å². The molecule has 0 fully saturated rings. The lowest BCUT2D eigenvalue weighted by Gasteiger charge is -2.15. The van der Waals surface area contributed by atoms with E-state index in [0.717, 1.165) is 50.1 Å². The van der Waals surface area contributed by atoms with Crippen molar-refractivity contribution in [3.8, 4) is 62.1 Å².